The van der Waals surface area contributed by atoms with Crippen LogP contribution < -0.4 is 14.9 Å². The number of pyridine rings is 1. The van der Waals surface area contributed by atoms with Crippen LogP contribution in [0, 0.1) is 0 Å². The van der Waals surface area contributed by atoms with Gasteiger partial charge in [-0.25, -0.2) is 4.99 Å². The van der Waals surface area contributed by atoms with Crippen LogP contribution in [-0.4, -0.2) is 9.55 Å². The third-order valence-corrected chi connectivity index (χ3v) is 6.98. The Kier molecular flexibility index (Phi) is 4.28. The van der Waals surface area contributed by atoms with E-state index < -0.39 is 0 Å². The van der Waals surface area contributed by atoms with Crippen molar-refractivity contribution in [2.45, 2.75) is 18.9 Å². The minimum absolute atomic E-state index is 0.0137. The van der Waals surface area contributed by atoms with E-state index in [0.29, 0.717) is 4.53 Å². The second-order valence-corrected chi connectivity index (χ2v) is 8.81. The number of hydrogen-bond acceptors (Lipinski definition) is 4. The highest BCUT2D eigenvalue weighted by atomic mass is 32.1. The van der Waals surface area contributed by atoms with Gasteiger partial charge in [-0.15, -0.1) is 0 Å². The minimum Gasteiger partial charge on any atom is -0.272 e. The topological polar surface area (TPSA) is 47.2 Å². The van der Waals surface area contributed by atoms with Crippen LogP contribution in [0.15, 0.2) is 94.5 Å². The Bertz CT molecular complexity index is 1500. The predicted octanol–water partition coefficient (Wildman–Crippen LogP) is 3.71. The molecule has 3 heterocycles. The van der Waals surface area contributed by atoms with Gasteiger partial charge in [0.15, 0.2) is 4.80 Å². The molecule has 1 aliphatic heterocycles. The number of aromatic nitrogens is 2. The van der Waals surface area contributed by atoms with Crippen molar-refractivity contribution in [3.63, 3.8) is 0 Å². The summed E-state index contributed by atoms with van der Waals surface area (Å²) in [4.78, 5) is 23.4. The smallest absolute Gasteiger partial charge is 0.271 e. The molecule has 0 N–H and O–H groups in total. The van der Waals surface area contributed by atoms with E-state index in [4.69, 9.17) is 4.99 Å². The summed E-state index contributed by atoms with van der Waals surface area (Å²) in [5.74, 6) is 0. The molecule has 0 bridgehead atoms. The lowest BCUT2D eigenvalue weighted by molar-refractivity contribution is 0.585. The zero-order chi connectivity index (χ0) is 20.8. The first-order valence-electron chi connectivity index (χ1n) is 10.4. The van der Waals surface area contributed by atoms with E-state index in [-0.39, 0.29) is 11.6 Å². The quantitative estimate of drug-likeness (QED) is 0.495. The Morgan fingerprint density at radius 2 is 1.71 bits per heavy atom. The van der Waals surface area contributed by atoms with Crippen LogP contribution in [0.4, 0.5) is 0 Å². The van der Waals surface area contributed by atoms with E-state index in [1.54, 1.807) is 12.4 Å². The molecule has 0 amide bonds. The molecule has 1 unspecified atom stereocenters. The first kappa shape index (κ1) is 18.2. The maximum absolute atomic E-state index is 13.6. The molecule has 150 valence electrons. The lowest BCUT2D eigenvalue weighted by Crippen LogP contribution is -2.38. The maximum atomic E-state index is 13.6. The molecule has 4 nitrogen and oxygen atoms in total. The number of allylic oxidation sites excluding steroid dienone is 1. The van der Waals surface area contributed by atoms with Gasteiger partial charge in [-0.05, 0) is 53.3 Å². The second-order valence-electron chi connectivity index (χ2n) is 7.80. The summed E-state index contributed by atoms with van der Waals surface area (Å²) < 4.78 is 2.58. The van der Waals surface area contributed by atoms with Crippen molar-refractivity contribution in [3.05, 3.63) is 127 Å². The zero-order valence-corrected chi connectivity index (χ0v) is 17.5. The third-order valence-electron chi connectivity index (χ3n) is 5.99. The average Bonchev–Trinajstić information content (AvgIpc) is 3.13. The van der Waals surface area contributed by atoms with Crippen LogP contribution in [0.1, 0.15) is 34.7 Å². The number of aryl methyl sites for hydroxylation is 1. The Balaban J connectivity index is 1.65. The number of benzene rings is 2. The fourth-order valence-corrected chi connectivity index (χ4v) is 5.57. The molecule has 0 saturated heterocycles. The predicted molar refractivity (Wildman–Crippen MR) is 123 cm³/mol. The lowest BCUT2D eigenvalue weighted by Gasteiger charge is -2.30. The van der Waals surface area contributed by atoms with Crippen molar-refractivity contribution in [2.24, 2.45) is 4.99 Å². The lowest BCUT2D eigenvalue weighted by atomic mass is 9.83. The van der Waals surface area contributed by atoms with Crippen LogP contribution in [0.3, 0.4) is 0 Å². The molecule has 31 heavy (non-hydrogen) atoms. The van der Waals surface area contributed by atoms with Gasteiger partial charge >= 0.3 is 0 Å². The molecule has 1 aliphatic carbocycles. The molecule has 4 aromatic rings. The molecule has 0 radical (unpaired) electrons. The van der Waals surface area contributed by atoms with Gasteiger partial charge in [-0.2, -0.15) is 0 Å². The van der Waals surface area contributed by atoms with Gasteiger partial charge in [0.2, 0.25) is 0 Å². The van der Waals surface area contributed by atoms with Gasteiger partial charge in [0.05, 0.1) is 16.3 Å². The van der Waals surface area contributed by atoms with Crippen molar-refractivity contribution in [3.8, 4) is 0 Å². The van der Waals surface area contributed by atoms with Gasteiger partial charge < -0.3 is 0 Å². The highest BCUT2D eigenvalue weighted by Crippen LogP contribution is 2.41. The van der Waals surface area contributed by atoms with E-state index in [0.717, 1.165) is 34.5 Å². The summed E-state index contributed by atoms with van der Waals surface area (Å²) in [7, 11) is 0. The summed E-state index contributed by atoms with van der Waals surface area (Å²) >= 11 is 1.46. The molecule has 0 spiro atoms. The Hall–Kier alpha value is -3.57. The fraction of sp³-hybridized carbons (Fsp3) is 0.115. The van der Waals surface area contributed by atoms with Crippen molar-refractivity contribution in [1.82, 2.24) is 9.55 Å². The van der Waals surface area contributed by atoms with Crippen molar-refractivity contribution in [2.75, 3.05) is 0 Å². The molecule has 2 aromatic carbocycles. The number of rotatable bonds is 2. The van der Waals surface area contributed by atoms with E-state index in [2.05, 4.69) is 41.4 Å². The summed E-state index contributed by atoms with van der Waals surface area (Å²) in [5.41, 5.74) is 6.88. The molecule has 0 fully saturated rings. The van der Waals surface area contributed by atoms with Gasteiger partial charge in [0.1, 0.15) is 0 Å². The van der Waals surface area contributed by atoms with Gasteiger partial charge in [0.25, 0.3) is 5.56 Å². The van der Waals surface area contributed by atoms with Gasteiger partial charge in [0, 0.05) is 18.0 Å². The van der Waals surface area contributed by atoms with Crippen LogP contribution >= 0.6 is 11.3 Å². The Labute approximate surface area is 183 Å². The molecule has 5 heteroatoms. The normalized spacial score (nSPS) is 17.5. The highest BCUT2D eigenvalue weighted by molar-refractivity contribution is 7.07. The average molecular weight is 422 g/mol. The number of fused-ring (bicyclic) bond motifs is 3. The van der Waals surface area contributed by atoms with E-state index >= 15 is 0 Å². The summed E-state index contributed by atoms with van der Waals surface area (Å²) in [6, 6.07) is 22.5. The van der Waals surface area contributed by atoms with Crippen LogP contribution in [0.25, 0.3) is 11.8 Å². The summed E-state index contributed by atoms with van der Waals surface area (Å²) in [6.45, 7) is 0. The molecule has 0 saturated carbocycles. The van der Waals surface area contributed by atoms with Crippen molar-refractivity contribution in [1.29, 1.82) is 0 Å². The molecular weight excluding hydrogens is 402 g/mol. The van der Waals surface area contributed by atoms with E-state index in [1.807, 2.05) is 41.0 Å². The van der Waals surface area contributed by atoms with Crippen LogP contribution in [0.5, 0.6) is 0 Å². The monoisotopic (exact) mass is 421 g/mol. The van der Waals surface area contributed by atoms with Crippen LogP contribution in [-0.2, 0) is 6.42 Å². The fourth-order valence-electron chi connectivity index (χ4n) is 4.57. The molecule has 2 aromatic heterocycles. The Morgan fingerprint density at radius 3 is 2.55 bits per heavy atom. The summed E-state index contributed by atoms with van der Waals surface area (Å²) in [6.07, 6.45) is 7.29. The number of nitrogens with zero attached hydrogens (tertiary/aromatic N) is 3. The third kappa shape index (κ3) is 3.01. The Morgan fingerprint density at radius 1 is 0.935 bits per heavy atom. The van der Waals surface area contributed by atoms with E-state index in [1.165, 1.54) is 28.0 Å². The highest BCUT2D eigenvalue weighted by Gasteiger charge is 2.32. The zero-order valence-electron chi connectivity index (χ0n) is 16.7. The van der Waals surface area contributed by atoms with Gasteiger partial charge in [-0.1, -0.05) is 65.9 Å². The maximum Gasteiger partial charge on any atom is 0.271 e. The minimum atomic E-state index is -0.125. The SMILES string of the molecule is O=c1/c(=C\c2ccncc2)sc2n1C(c1ccccc1)C1=C(N=2)c2ccccc2CC1. The van der Waals surface area contributed by atoms with Gasteiger partial charge in [-0.3, -0.25) is 14.3 Å². The standard InChI is InChI=1S/C26H19N3OS/c30-25-22(16-17-12-14-27-15-13-17)31-26-28-23-20-9-5-4-6-18(20)10-11-21(23)24(29(25)26)19-7-2-1-3-8-19/h1-9,12-16,24H,10-11H2/b22-16+. The van der Waals surface area contributed by atoms with Crippen LogP contribution in [0.2, 0.25) is 0 Å². The first-order chi connectivity index (χ1) is 15.3. The van der Waals surface area contributed by atoms with Crippen molar-refractivity contribution >= 4 is 23.1 Å². The largest absolute Gasteiger partial charge is 0.272 e. The number of hydrogen-bond donors (Lipinski definition) is 0. The van der Waals surface area contributed by atoms with Crippen molar-refractivity contribution < 1.29 is 0 Å². The number of thiazole rings is 1. The summed E-state index contributed by atoms with van der Waals surface area (Å²) in [5, 5.41) is 0. The first-order valence-corrected chi connectivity index (χ1v) is 11.2. The molecule has 1 atom stereocenters. The van der Waals surface area contributed by atoms with E-state index in [9.17, 15) is 4.79 Å². The molecule has 6 rings (SSSR count). The molecular formula is C26H19N3OS. The molecule has 2 aliphatic rings. The second kappa shape index (κ2) is 7.29.